The van der Waals surface area contributed by atoms with Gasteiger partial charge < -0.3 is 9.97 Å². The van der Waals surface area contributed by atoms with Gasteiger partial charge in [-0.05, 0) is 64.8 Å². The first kappa shape index (κ1) is 29.9. The highest BCUT2D eigenvalue weighted by molar-refractivity contribution is 6.08. The molecule has 0 saturated heterocycles. The monoisotopic (exact) mass is 674 g/mol. The molecule has 5 heterocycles. The number of aromatic nitrogens is 4. The van der Waals surface area contributed by atoms with E-state index in [-0.39, 0.29) is 11.1 Å². The van der Waals surface area contributed by atoms with Gasteiger partial charge in [0.15, 0.2) is 11.7 Å². The summed E-state index contributed by atoms with van der Waals surface area (Å²) in [5.74, 6) is -1.83. The molecule has 8 bridgehead atoms. The highest BCUT2D eigenvalue weighted by atomic mass is 19.2. The van der Waals surface area contributed by atoms with Crippen molar-refractivity contribution in [3.63, 3.8) is 0 Å². The third kappa shape index (κ3) is 4.72. The van der Waals surface area contributed by atoms with E-state index in [1.807, 2.05) is 103 Å². The first-order valence-corrected chi connectivity index (χ1v) is 17.1. The smallest absolute Gasteiger partial charge is 0.168 e. The second-order valence-corrected chi connectivity index (χ2v) is 13.0. The quantitative estimate of drug-likeness (QED) is 0.196. The number of H-pyrrole nitrogens is 2. The molecular weight excluding hydrogens is 647 g/mol. The number of rotatable bonds is 3. The molecule has 3 aliphatic rings. The number of fused-ring (bicyclic) bond motifs is 10. The molecule has 0 spiro atoms. The number of hydrogen-bond acceptors (Lipinski definition) is 2. The lowest BCUT2D eigenvalue weighted by Crippen LogP contribution is -1.92. The molecule has 4 aromatic carbocycles. The lowest BCUT2D eigenvalue weighted by molar-refractivity contribution is 0.702. The van der Waals surface area contributed by atoms with Crippen molar-refractivity contribution in [3.05, 3.63) is 167 Å². The van der Waals surface area contributed by atoms with Crippen LogP contribution in [0.3, 0.4) is 0 Å². The van der Waals surface area contributed by atoms with Crippen molar-refractivity contribution in [1.82, 2.24) is 19.9 Å². The van der Waals surface area contributed by atoms with Crippen LogP contribution in [-0.4, -0.2) is 19.9 Å². The lowest BCUT2D eigenvalue weighted by Gasteiger charge is -2.08. The van der Waals surface area contributed by atoms with Crippen LogP contribution in [0.25, 0.3) is 103 Å². The second-order valence-electron chi connectivity index (χ2n) is 13.0. The molecule has 10 rings (SSSR count). The van der Waals surface area contributed by atoms with E-state index in [1.165, 1.54) is 0 Å². The van der Waals surface area contributed by atoms with E-state index < -0.39 is 11.7 Å². The second kappa shape index (κ2) is 11.9. The SMILES string of the molecule is FC1=C(F)c2cc3[nH]c2c(c2nc(c(-c4ccccc4)c4nc(c(-c5ccccc5)c5ccc([nH]5)c3-c3ccccc3)C=C4)C=C2)-c2ccccc21. The average molecular weight is 675 g/mol. The summed E-state index contributed by atoms with van der Waals surface area (Å²) in [4.78, 5) is 17.8. The minimum atomic E-state index is -0.923. The number of aromatic amines is 2. The summed E-state index contributed by atoms with van der Waals surface area (Å²) >= 11 is 0. The fourth-order valence-corrected chi connectivity index (χ4v) is 7.60. The Labute approximate surface area is 297 Å². The zero-order valence-corrected chi connectivity index (χ0v) is 27.7. The summed E-state index contributed by atoms with van der Waals surface area (Å²) < 4.78 is 32.7. The maximum Gasteiger partial charge on any atom is 0.168 e. The van der Waals surface area contributed by atoms with E-state index in [0.717, 1.165) is 55.8 Å². The molecule has 2 N–H and O–H groups in total. The summed E-state index contributed by atoms with van der Waals surface area (Å²) in [6.07, 6.45) is 7.99. The zero-order valence-electron chi connectivity index (χ0n) is 27.7. The molecule has 6 heteroatoms. The normalized spacial score (nSPS) is 13.0. The molecule has 0 saturated carbocycles. The first-order valence-electron chi connectivity index (χ1n) is 17.1. The summed E-state index contributed by atoms with van der Waals surface area (Å²) in [6.45, 7) is 0. The maximum atomic E-state index is 16.5. The number of hydrogen-bond donors (Lipinski definition) is 2. The van der Waals surface area contributed by atoms with Gasteiger partial charge in [0.2, 0.25) is 0 Å². The summed E-state index contributed by atoms with van der Waals surface area (Å²) in [5, 5.41) is 0. The number of nitrogens with zero attached hydrogens (tertiary/aromatic N) is 2. The van der Waals surface area contributed by atoms with Crippen LogP contribution in [0.5, 0.6) is 0 Å². The summed E-state index contributed by atoms with van der Waals surface area (Å²) in [7, 11) is 0. The molecule has 0 fully saturated rings. The van der Waals surface area contributed by atoms with Gasteiger partial charge in [-0.3, -0.25) is 0 Å². The van der Waals surface area contributed by atoms with Gasteiger partial charge >= 0.3 is 0 Å². The van der Waals surface area contributed by atoms with Gasteiger partial charge in [0.25, 0.3) is 0 Å². The van der Waals surface area contributed by atoms with Gasteiger partial charge in [-0.1, -0.05) is 115 Å². The van der Waals surface area contributed by atoms with Crippen LogP contribution in [0.15, 0.2) is 133 Å². The van der Waals surface area contributed by atoms with Gasteiger partial charge in [0, 0.05) is 49.9 Å². The Kier molecular flexibility index (Phi) is 6.83. The molecule has 0 radical (unpaired) electrons. The van der Waals surface area contributed by atoms with Gasteiger partial charge in [-0.2, -0.15) is 0 Å². The number of nitrogens with one attached hydrogen (secondary N) is 2. The van der Waals surface area contributed by atoms with Crippen molar-refractivity contribution < 1.29 is 8.78 Å². The molecule has 2 aliphatic heterocycles. The Hall–Kier alpha value is -6.92. The molecular formula is C46H28F2N4. The zero-order chi connectivity index (χ0) is 34.8. The van der Waals surface area contributed by atoms with Crippen molar-refractivity contribution in [2.75, 3.05) is 0 Å². The van der Waals surface area contributed by atoms with Crippen LogP contribution in [0.2, 0.25) is 0 Å². The maximum absolute atomic E-state index is 16.5. The molecule has 1 aliphatic carbocycles. The van der Waals surface area contributed by atoms with Crippen LogP contribution in [0, 0.1) is 0 Å². The van der Waals surface area contributed by atoms with E-state index >= 15 is 8.78 Å². The van der Waals surface area contributed by atoms with Crippen LogP contribution >= 0.6 is 0 Å². The average Bonchev–Trinajstić information content (AvgIpc) is 4.02. The van der Waals surface area contributed by atoms with Crippen LogP contribution < -0.4 is 0 Å². The van der Waals surface area contributed by atoms with E-state index in [4.69, 9.17) is 9.97 Å². The fourth-order valence-electron chi connectivity index (χ4n) is 7.60. The topological polar surface area (TPSA) is 57.4 Å². The molecule has 0 amide bonds. The van der Waals surface area contributed by atoms with Crippen molar-refractivity contribution in [3.8, 4) is 44.5 Å². The fraction of sp³-hybridized carbons (Fsp3) is 0. The lowest BCUT2D eigenvalue weighted by atomic mass is 9.98. The molecule has 4 nitrogen and oxygen atoms in total. The van der Waals surface area contributed by atoms with E-state index in [2.05, 4.69) is 46.4 Å². The molecule has 0 atom stereocenters. The first-order chi connectivity index (χ1) is 25.6. The van der Waals surface area contributed by atoms with Crippen LogP contribution in [-0.2, 0) is 0 Å². The Morgan fingerprint density at radius 2 is 0.808 bits per heavy atom. The Morgan fingerprint density at radius 3 is 1.40 bits per heavy atom. The van der Waals surface area contributed by atoms with Crippen molar-refractivity contribution >= 4 is 58.0 Å². The van der Waals surface area contributed by atoms with E-state index in [1.54, 1.807) is 18.2 Å². The molecule has 52 heavy (non-hydrogen) atoms. The van der Waals surface area contributed by atoms with Gasteiger partial charge in [0.1, 0.15) is 0 Å². The van der Waals surface area contributed by atoms with Crippen molar-refractivity contribution in [1.29, 1.82) is 0 Å². The van der Waals surface area contributed by atoms with Gasteiger partial charge in [0.05, 0.1) is 28.3 Å². The minimum Gasteiger partial charge on any atom is -0.354 e. The van der Waals surface area contributed by atoms with Gasteiger partial charge in [-0.25, -0.2) is 18.7 Å². The highest BCUT2D eigenvalue weighted by Gasteiger charge is 2.28. The number of halogens is 2. The minimum absolute atomic E-state index is 0.137. The third-order valence-corrected chi connectivity index (χ3v) is 9.92. The predicted molar refractivity (Wildman–Crippen MR) is 210 cm³/mol. The van der Waals surface area contributed by atoms with E-state index in [0.29, 0.717) is 33.5 Å². The molecule has 3 aromatic heterocycles. The van der Waals surface area contributed by atoms with Crippen LogP contribution in [0.4, 0.5) is 8.78 Å². The van der Waals surface area contributed by atoms with Crippen molar-refractivity contribution in [2.24, 2.45) is 0 Å². The van der Waals surface area contributed by atoms with E-state index in [9.17, 15) is 0 Å². The summed E-state index contributed by atoms with van der Waals surface area (Å²) in [5.41, 5.74) is 12.6. The Bertz CT molecular complexity index is 2840. The molecule has 7 aromatic rings. The highest BCUT2D eigenvalue weighted by Crippen LogP contribution is 2.46. The molecule has 0 unspecified atom stereocenters. The largest absolute Gasteiger partial charge is 0.354 e. The van der Waals surface area contributed by atoms with Crippen LogP contribution in [0.1, 0.15) is 33.9 Å². The Morgan fingerprint density at radius 1 is 0.365 bits per heavy atom. The third-order valence-electron chi connectivity index (χ3n) is 9.92. The van der Waals surface area contributed by atoms with Gasteiger partial charge in [-0.15, -0.1) is 0 Å². The number of benzene rings is 4. The standard InChI is InChI=1S/C46H28F2N4/c47-44-31-19-11-10-18-30(31)43-38-25-24-36(51-38)41(28-14-6-2-7-15-28)34-21-20-33(49-34)40(27-12-4-1-5-13-27)35-22-23-37(50-35)42(29-16-8-3-9-17-29)39-26-32(45(44)48)46(43)52-39/h1-26,50,52H. The van der Waals surface area contributed by atoms with Crippen molar-refractivity contribution in [2.45, 2.75) is 0 Å². The molecule has 246 valence electrons. The summed E-state index contributed by atoms with van der Waals surface area (Å²) in [6, 6.07) is 43.0. The predicted octanol–water partition coefficient (Wildman–Crippen LogP) is 12.4. The Balaban J connectivity index is 1.45.